The summed E-state index contributed by atoms with van der Waals surface area (Å²) < 4.78 is 5.54. The Balaban J connectivity index is 1.97. The van der Waals surface area contributed by atoms with Gasteiger partial charge in [0.25, 0.3) is 0 Å². The van der Waals surface area contributed by atoms with Crippen molar-refractivity contribution in [1.29, 1.82) is 0 Å². The van der Waals surface area contributed by atoms with Crippen molar-refractivity contribution in [1.82, 2.24) is 0 Å². The highest BCUT2D eigenvalue weighted by Gasteiger charge is 2.08. The molecule has 120 valence electrons. The van der Waals surface area contributed by atoms with E-state index < -0.39 is 0 Å². The molecule has 0 saturated heterocycles. The molecule has 2 rings (SSSR count). The van der Waals surface area contributed by atoms with Crippen LogP contribution in [0.3, 0.4) is 0 Å². The van der Waals surface area contributed by atoms with Crippen molar-refractivity contribution in [3.63, 3.8) is 0 Å². The smallest absolute Gasteiger partial charge is 0.243 e. The molecule has 0 atom stereocenters. The molecule has 0 spiro atoms. The highest BCUT2D eigenvalue weighted by Crippen LogP contribution is 2.24. The van der Waals surface area contributed by atoms with Gasteiger partial charge in [0.1, 0.15) is 12.4 Å². The number of para-hydroxylation sites is 2. The second-order valence-electron chi connectivity index (χ2n) is 4.91. The molecule has 0 aromatic heterocycles. The van der Waals surface area contributed by atoms with Gasteiger partial charge >= 0.3 is 0 Å². The lowest BCUT2D eigenvalue weighted by Gasteiger charge is -2.13. The topological polar surface area (TPSA) is 50.4 Å². The third-order valence-corrected chi connectivity index (χ3v) is 3.63. The summed E-state index contributed by atoms with van der Waals surface area (Å²) in [7, 11) is 0. The van der Waals surface area contributed by atoms with Gasteiger partial charge in [0.05, 0.1) is 12.2 Å². The van der Waals surface area contributed by atoms with Gasteiger partial charge in [-0.05, 0) is 36.8 Å². The van der Waals surface area contributed by atoms with E-state index in [1.807, 2.05) is 37.3 Å². The number of anilines is 2. The van der Waals surface area contributed by atoms with Crippen LogP contribution < -0.4 is 15.4 Å². The summed E-state index contributed by atoms with van der Waals surface area (Å²) in [6.07, 6.45) is 1.67. The van der Waals surface area contributed by atoms with Gasteiger partial charge in [0.15, 0.2) is 0 Å². The van der Waals surface area contributed by atoms with Gasteiger partial charge < -0.3 is 15.4 Å². The molecular formula is C18H19ClN2O2. The average Bonchev–Trinajstić information content (AvgIpc) is 2.56. The molecule has 2 N–H and O–H groups in total. The Hall–Kier alpha value is -2.46. The first kappa shape index (κ1) is 16.9. The van der Waals surface area contributed by atoms with E-state index in [0.717, 1.165) is 11.3 Å². The molecule has 0 heterocycles. The first-order valence-corrected chi connectivity index (χ1v) is 7.61. The number of nitrogens with one attached hydrogen (secondary N) is 2. The molecule has 5 heteroatoms. The Morgan fingerprint density at radius 1 is 1.22 bits per heavy atom. The largest absolute Gasteiger partial charge is 0.487 e. The minimum Gasteiger partial charge on any atom is -0.487 e. The molecule has 0 saturated carbocycles. The van der Waals surface area contributed by atoms with Crippen molar-refractivity contribution >= 4 is 28.9 Å². The zero-order chi connectivity index (χ0) is 16.7. The number of hydrogen-bond donors (Lipinski definition) is 2. The molecule has 4 nitrogen and oxygen atoms in total. The van der Waals surface area contributed by atoms with Gasteiger partial charge in [0, 0.05) is 10.7 Å². The number of benzene rings is 2. The normalized spacial score (nSPS) is 10.0. The summed E-state index contributed by atoms with van der Waals surface area (Å²) in [5.41, 5.74) is 2.31. The average molecular weight is 331 g/mol. The van der Waals surface area contributed by atoms with Crippen LogP contribution >= 0.6 is 11.6 Å². The number of carbonyl (C=O) groups excluding carboxylic acids is 1. The molecule has 0 fully saturated rings. The van der Waals surface area contributed by atoms with Crippen molar-refractivity contribution in [2.75, 3.05) is 23.8 Å². The van der Waals surface area contributed by atoms with Gasteiger partial charge in [-0.3, -0.25) is 4.79 Å². The molecule has 23 heavy (non-hydrogen) atoms. The van der Waals surface area contributed by atoms with Crippen molar-refractivity contribution in [2.24, 2.45) is 0 Å². The predicted molar refractivity (Wildman–Crippen MR) is 95.4 cm³/mol. The highest BCUT2D eigenvalue weighted by molar-refractivity contribution is 6.31. The summed E-state index contributed by atoms with van der Waals surface area (Å²) >= 11 is 6.05. The zero-order valence-electron chi connectivity index (χ0n) is 12.9. The van der Waals surface area contributed by atoms with E-state index in [2.05, 4.69) is 17.2 Å². The molecule has 0 radical (unpaired) electrons. The van der Waals surface area contributed by atoms with Gasteiger partial charge in [-0.25, -0.2) is 0 Å². The first-order valence-electron chi connectivity index (χ1n) is 7.23. The van der Waals surface area contributed by atoms with E-state index in [1.165, 1.54) is 0 Å². The lowest BCUT2D eigenvalue weighted by Crippen LogP contribution is -2.22. The SMILES string of the molecule is C=CCOc1ccccc1NCC(=O)Nc1cccc(Cl)c1C. The van der Waals surface area contributed by atoms with Crippen LogP contribution in [0.5, 0.6) is 5.75 Å². The van der Waals surface area contributed by atoms with E-state index in [-0.39, 0.29) is 12.5 Å². The van der Waals surface area contributed by atoms with Gasteiger partial charge in [-0.2, -0.15) is 0 Å². The molecule has 1 amide bonds. The summed E-state index contributed by atoms with van der Waals surface area (Å²) in [6, 6.07) is 12.9. The molecule has 0 bridgehead atoms. The fourth-order valence-corrected chi connectivity index (χ4v) is 2.17. The molecule has 0 aliphatic heterocycles. The quantitative estimate of drug-likeness (QED) is 0.746. The van der Waals surface area contributed by atoms with E-state index in [9.17, 15) is 4.79 Å². The van der Waals surface area contributed by atoms with Gasteiger partial charge in [-0.15, -0.1) is 0 Å². The summed E-state index contributed by atoms with van der Waals surface area (Å²) in [4.78, 5) is 12.1. The number of hydrogen-bond acceptors (Lipinski definition) is 3. The van der Waals surface area contributed by atoms with E-state index in [0.29, 0.717) is 23.1 Å². The third kappa shape index (κ3) is 4.76. The Morgan fingerprint density at radius 2 is 1.96 bits per heavy atom. The van der Waals surface area contributed by atoms with Crippen LogP contribution in [0.25, 0.3) is 0 Å². The molecule has 0 unspecified atom stereocenters. The Kier molecular flexibility index (Phi) is 6.06. The fourth-order valence-electron chi connectivity index (χ4n) is 2.00. The Morgan fingerprint density at radius 3 is 2.74 bits per heavy atom. The van der Waals surface area contributed by atoms with E-state index in [4.69, 9.17) is 16.3 Å². The van der Waals surface area contributed by atoms with Gasteiger partial charge in [-0.1, -0.05) is 42.5 Å². The van der Waals surface area contributed by atoms with Gasteiger partial charge in [0.2, 0.25) is 5.91 Å². The standard InChI is InChI=1S/C18H19ClN2O2/c1-3-11-23-17-10-5-4-8-16(17)20-12-18(22)21-15-9-6-7-14(19)13(15)2/h3-10,20H,1,11-12H2,2H3,(H,21,22). The van der Waals surface area contributed by atoms with Crippen LogP contribution in [0.2, 0.25) is 5.02 Å². The van der Waals surface area contributed by atoms with Crippen LogP contribution in [0, 0.1) is 6.92 Å². The van der Waals surface area contributed by atoms with Crippen molar-refractivity contribution in [2.45, 2.75) is 6.92 Å². The fraction of sp³-hybridized carbons (Fsp3) is 0.167. The third-order valence-electron chi connectivity index (χ3n) is 3.22. The zero-order valence-corrected chi connectivity index (χ0v) is 13.7. The first-order chi connectivity index (χ1) is 11.1. The lowest BCUT2D eigenvalue weighted by molar-refractivity contribution is -0.114. The second kappa shape index (κ2) is 8.25. The highest BCUT2D eigenvalue weighted by atomic mass is 35.5. The number of ether oxygens (including phenoxy) is 1. The molecule has 2 aromatic rings. The van der Waals surface area contributed by atoms with Crippen molar-refractivity contribution < 1.29 is 9.53 Å². The second-order valence-corrected chi connectivity index (χ2v) is 5.32. The Bertz CT molecular complexity index is 701. The number of rotatable bonds is 7. The number of halogens is 1. The van der Waals surface area contributed by atoms with Crippen molar-refractivity contribution in [3.8, 4) is 5.75 Å². The van der Waals surface area contributed by atoms with E-state index >= 15 is 0 Å². The number of carbonyl (C=O) groups is 1. The summed E-state index contributed by atoms with van der Waals surface area (Å²) in [5, 5.41) is 6.54. The molecular weight excluding hydrogens is 312 g/mol. The molecule has 0 aliphatic rings. The maximum Gasteiger partial charge on any atom is 0.243 e. The lowest BCUT2D eigenvalue weighted by atomic mass is 10.2. The Labute approximate surface area is 141 Å². The summed E-state index contributed by atoms with van der Waals surface area (Å²) in [6.45, 7) is 6.02. The minimum atomic E-state index is -0.158. The van der Waals surface area contributed by atoms with Crippen LogP contribution in [-0.4, -0.2) is 19.1 Å². The molecule has 2 aromatic carbocycles. The van der Waals surface area contributed by atoms with Crippen molar-refractivity contribution in [3.05, 3.63) is 65.7 Å². The maximum absolute atomic E-state index is 12.1. The predicted octanol–water partition coefficient (Wildman–Crippen LogP) is 4.26. The van der Waals surface area contributed by atoms with Crippen LogP contribution in [0.15, 0.2) is 55.1 Å². The van der Waals surface area contributed by atoms with Crippen LogP contribution in [0.1, 0.15) is 5.56 Å². The number of amides is 1. The monoisotopic (exact) mass is 330 g/mol. The van der Waals surface area contributed by atoms with E-state index in [1.54, 1.807) is 18.2 Å². The van der Waals surface area contributed by atoms with Crippen LogP contribution in [-0.2, 0) is 4.79 Å². The minimum absolute atomic E-state index is 0.125. The summed E-state index contributed by atoms with van der Waals surface area (Å²) in [5.74, 6) is 0.521. The maximum atomic E-state index is 12.1. The molecule has 0 aliphatic carbocycles. The van der Waals surface area contributed by atoms with Crippen LogP contribution in [0.4, 0.5) is 11.4 Å².